The summed E-state index contributed by atoms with van der Waals surface area (Å²) in [6.07, 6.45) is 5.60. The number of hydrogen-bond acceptors (Lipinski definition) is 3. The number of nitrogens with two attached hydrogens (primary N) is 1. The third-order valence-corrected chi connectivity index (χ3v) is 4.27. The van der Waals surface area contributed by atoms with E-state index in [1.807, 2.05) is 25.1 Å². The minimum atomic E-state index is 0.0701. The predicted molar refractivity (Wildman–Crippen MR) is 88.3 cm³/mol. The summed E-state index contributed by atoms with van der Waals surface area (Å²) in [4.78, 5) is 14.3. The first-order valence-electron chi connectivity index (χ1n) is 7.89. The third kappa shape index (κ3) is 5.05. The number of anilines is 2. The fraction of sp³-hybridized carbons (Fsp3) is 0.588. The Bertz CT molecular complexity index is 483. The minimum Gasteiger partial charge on any atom is -0.399 e. The van der Waals surface area contributed by atoms with Crippen LogP contribution in [0.1, 0.15) is 37.7 Å². The van der Waals surface area contributed by atoms with E-state index in [4.69, 9.17) is 5.73 Å². The topological polar surface area (TPSA) is 58.4 Å². The van der Waals surface area contributed by atoms with Gasteiger partial charge < -0.3 is 16.0 Å². The van der Waals surface area contributed by atoms with Crippen molar-refractivity contribution in [3.8, 4) is 0 Å². The number of amides is 1. The number of nitrogens with one attached hydrogen (secondary N) is 1. The molecule has 1 aromatic rings. The predicted octanol–water partition coefficient (Wildman–Crippen LogP) is 3.03. The number of nitrogens with zero attached hydrogens (tertiary/aromatic N) is 1. The molecule has 1 fully saturated rings. The molecule has 21 heavy (non-hydrogen) atoms. The van der Waals surface area contributed by atoms with Crippen LogP contribution in [0.15, 0.2) is 18.2 Å². The van der Waals surface area contributed by atoms with Gasteiger partial charge in [0, 0.05) is 24.3 Å². The highest BCUT2D eigenvalue weighted by Crippen LogP contribution is 2.26. The van der Waals surface area contributed by atoms with Crippen LogP contribution in [-0.4, -0.2) is 30.9 Å². The molecule has 1 saturated carbocycles. The van der Waals surface area contributed by atoms with Crippen molar-refractivity contribution >= 4 is 17.3 Å². The summed E-state index contributed by atoms with van der Waals surface area (Å²) in [6, 6.07) is 5.59. The molecule has 4 nitrogen and oxygen atoms in total. The van der Waals surface area contributed by atoms with Gasteiger partial charge in [-0.3, -0.25) is 4.79 Å². The van der Waals surface area contributed by atoms with E-state index in [1.165, 1.54) is 25.8 Å². The lowest BCUT2D eigenvalue weighted by Crippen LogP contribution is -2.30. The molecular formula is C17H27N3O. The first-order chi connectivity index (χ1) is 10.0. The summed E-state index contributed by atoms with van der Waals surface area (Å²) >= 11 is 0. The Labute approximate surface area is 127 Å². The highest BCUT2D eigenvalue weighted by atomic mass is 16.1. The maximum atomic E-state index is 12.0. The first-order valence-corrected chi connectivity index (χ1v) is 7.89. The van der Waals surface area contributed by atoms with Gasteiger partial charge >= 0.3 is 0 Å². The van der Waals surface area contributed by atoms with Crippen LogP contribution in [0, 0.1) is 12.8 Å². The van der Waals surface area contributed by atoms with Gasteiger partial charge in [0.05, 0.1) is 0 Å². The molecule has 0 heterocycles. The first kappa shape index (κ1) is 15.8. The SMILES string of the molecule is Cc1ccc(N)cc1NC(=O)CCCN(C)CC1CCC1. The van der Waals surface area contributed by atoms with Crippen LogP contribution in [0.3, 0.4) is 0 Å². The standard InChI is InChI=1S/C17H27N3O/c1-13-8-9-15(18)11-16(13)19-17(21)7-4-10-20(2)12-14-5-3-6-14/h8-9,11,14H,3-7,10,12,18H2,1-2H3,(H,19,21). The second-order valence-electron chi connectivity index (χ2n) is 6.29. The van der Waals surface area contributed by atoms with E-state index in [-0.39, 0.29) is 5.91 Å². The number of carbonyl (C=O) groups is 1. The van der Waals surface area contributed by atoms with E-state index < -0.39 is 0 Å². The van der Waals surface area contributed by atoms with E-state index in [1.54, 1.807) is 0 Å². The second-order valence-corrected chi connectivity index (χ2v) is 6.29. The van der Waals surface area contributed by atoms with E-state index in [9.17, 15) is 4.79 Å². The summed E-state index contributed by atoms with van der Waals surface area (Å²) in [5.74, 6) is 0.958. The Morgan fingerprint density at radius 2 is 2.19 bits per heavy atom. The smallest absolute Gasteiger partial charge is 0.224 e. The fourth-order valence-electron chi connectivity index (χ4n) is 2.70. The molecule has 0 unspecified atom stereocenters. The van der Waals surface area contributed by atoms with Crippen molar-refractivity contribution in [2.45, 2.75) is 39.0 Å². The maximum absolute atomic E-state index is 12.0. The lowest BCUT2D eigenvalue weighted by atomic mass is 9.85. The number of nitrogen functional groups attached to an aromatic ring is 1. The van der Waals surface area contributed by atoms with Crippen molar-refractivity contribution in [1.29, 1.82) is 0 Å². The van der Waals surface area contributed by atoms with Crippen molar-refractivity contribution in [2.75, 3.05) is 31.2 Å². The average Bonchev–Trinajstić information content (AvgIpc) is 2.38. The molecule has 0 spiro atoms. The number of rotatable bonds is 7. The van der Waals surface area contributed by atoms with Crippen LogP contribution >= 0.6 is 0 Å². The lowest BCUT2D eigenvalue weighted by Gasteiger charge is -2.30. The zero-order chi connectivity index (χ0) is 15.2. The summed E-state index contributed by atoms with van der Waals surface area (Å²) < 4.78 is 0. The Hall–Kier alpha value is -1.55. The molecule has 0 aliphatic heterocycles. The van der Waals surface area contributed by atoms with E-state index >= 15 is 0 Å². The lowest BCUT2D eigenvalue weighted by molar-refractivity contribution is -0.116. The van der Waals surface area contributed by atoms with Gasteiger partial charge in [-0.1, -0.05) is 12.5 Å². The van der Waals surface area contributed by atoms with Gasteiger partial charge in [-0.2, -0.15) is 0 Å². The van der Waals surface area contributed by atoms with Gasteiger partial charge in [-0.05, 0) is 63.4 Å². The quantitative estimate of drug-likeness (QED) is 0.759. The molecule has 1 aromatic carbocycles. The third-order valence-electron chi connectivity index (χ3n) is 4.27. The monoisotopic (exact) mass is 289 g/mol. The average molecular weight is 289 g/mol. The molecule has 1 aliphatic carbocycles. The number of aryl methyl sites for hydroxylation is 1. The highest BCUT2D eigenvalue weighted by Gasteiger charge is 2.18. The summed E-state index contributed by atoms with van der Waals surface area (Å²) in [5, 5.41) is 2.95. The van der Waals surface area contributed by atoms with Crippen molar-refractivity contribution in [2.24, 2.45) is 5.92 Å². The molecule has 1 aliphatic rings. The Balaban J connectivity index is 1.68. The molecular weight excluding hydrogens is 262 g/mol. The summed E-state index contributed by atoms with van der Waals surface area (Å²) in [6.45, 7) is 4.14. The van der Waals surface area contributed by atoms with Crippen LogP contribution in [0.2, 0.25) is 0 Å². The zero-order valence-corrected chi connectivity index (χ0v) is 13.2. The Kier molecular flexibility index (Phi) is 5.62. The molecule has 0 atom stereocenters. The summed E-state index contributed by atoms with van der Waals surface area (Å²) in [5.41, 5.74) is 8.29. The van der Waals surface area contributed by atoms with E-state index in [0.717, 1.165) is 30.1 Å². The number of benzene rings is 1. The van der Waals surface area contributed by atoms with Gasteiger partial charge in [0.25, 0.3) is 0 Å². The van der Waals surface area contributed by atoms with Crippen molar-refractivity contribution in [3.05, 3.63) is 23.8 Å². The van der Waals surface area contributed by atoms with Crippen LogP contribution in [0.4, 0.5) is 11.4 Å². The molecule has 1 amide bonds. The minimum absolute atomic E-state index is 0.0701. The molecule has 116 valence electrons. The van der Waals surface area contributed by atoms with Crippen molar-refractivity contribution < 1.29 is 4.79 Å². The van der Waals surface area contributed by atoms with Gasteiger partial charge in [-0.25, -0.2) is 0 Å². The Morgan fingerprint density at radius 3 is 2.86 bits per heavy atom. The normalized spacial score (nSPS) is 15.0. The maximum Gasteiger partial charge on any atom is 0.224 e. The van der Waals surface area contributed by atoms with E-state index in [0.29, 0.717) is 12.1 Å². The Morgan fingerprint density at radius 1 is 1.43 bits per heavy atom. The molecule has 0 saturated heterocycles. The number of carbonyl (C=O) groups excluding carboxylic acids is 1. The second kappa shape index (κ2) is 7.46. The van der Waals surface area contributed by atoms with Gasteiger partial charge in [0.2, 0.25) is 5.91 Å². The van der Waals surface area contributed by atoms with E-state index in [2.05, 4.69) is 17.3 Å². The fourth-order valence-corrected chi connectivity index (χ4v) is 2.70. The van der Waals surface area contributed by atoms with Crippen LogP contribution < -0.4 is 11.1 Å². The van der Waals surface area contributed by atoms with Crippen LogP contribution in [0.5, 0.6) is 0 Å². The van der Waals surface area contributed by atoms with Gasteiger partial charge in [0.1, 0.15) is 0 Å². The van der Waals surface area contributed by atoms with Gasteiger partial charge in [-0.15, -0.1) is 0 Å². The van der Waals surface area contributed by atoms with Crippen LogP contribution in [0.25, 0.3) is 0 Å². The molecule has 2 rings (SSSR count). The van der Waals surface area contributed by atoms with Crippen molar-refractivity contribution in [3.63, 3.8) is 0 Å². The number of hydrogen-bond donors (Lipinski definition) is 2. The molecule has 0 aromatic heterocycles. The largest absolute Gasteiger partial charge is 0.399 e. The molecule has 0 bridgehead atoms. The highest BCUT2D eigenvalue weighted by molar-refractivity contribution is 5.91. The van der Waals surface area contributed by atoms with Crippen LogP contribution in [-0.2, 0) is 4.79 Å². The molecule has 0 radical (unpaired) electrons. The van der Waals surface area contributed by atoms with Gasteiger partial charge in [0.15, 0.2) is 0 Å². The summed E-state index contributed by atoms with van der Waals surface area (Å²) in [7, 11) is 2.15. The van der Waals surface area contributed by atoms with Crippen molar-refractivity contribution in [1.82, 2.24) is 4.90 Å². The zero-order valence-electron chi connectivity index (χ0n) is 13.2. The molecule has 4 heteroatoms. The molecule has 3 N–H and O–H groups in total.